The normalized spacial score (nSPS) is 18.9. The SMILES string of the molecule is CN(CC(=O)NC[C@@H]1CCCO1)c1cnn(C)c1. The number of ether oxygens (including phenoxy) is 1. The summed E-state index contributed by atoms with van der Waals surface area (Å²) in [6, 6.07) is 0. The standard InChI is InChI=1S/C12H20N4O2/c1-15(10-6-14-16(2)8-10)9-12(17)13-7-11-4-3-5-18-11/h6,8,11H,3-5,7,9H2,1-2H3,(H,13,17)/t11-/m0/s1. The van der Waals surface area contributed by atoms with E-state index >= 15 is 0 Å². The van der Waals surface area contributed by atoms with Gasteiger partial charge >= 0.3 is 0 Å². The van der Waals surface area contributed by atoms with Crippen molar-refractivity contribution in [3.63, 3.8) is 0 Å². The fourth-order valence-electron chi connectivity index (χ4n) is 2.00. The number of nitrogens with zero attached hydrogens (tertiary/aromatic N) is 3. The van der Waals surface area contributed by atoms with Gasteiger partial charge in [0.05, 0.1) is 24.5 Å². The minimum absolute atomic E-state index is 0.0110. The smallest absolute Gasteiger partial charge is 0.239 e. The number of amides is 1. The van der Waals surface area contributed by atoms with E-state index < -0.39 is 0 Å². The van der Waals surface area contributed by atoms with Gasteiger partial charge in [-0.3, -0.25) is 9.48 Å². The number of aromatic nitrogens is 2. The van der Waals surface area contributed by atoms with Gasteiger partial charge < -0.3 is 15.0 Å². The summed E-state index contributed by atoms with van der Waals surface area (Å²) in [5.41, 5.74) is 0.935. The molecule has 1 atom stereocenters. The van der Waals surface area contributed by atoms with Crippen LogP contribution in [-0.4, -0.2) is 48.5 Å². The van der Waals surface area contributed by atoms with Crippen LogP contribution >= 0.6 is 0 Å². The lowest BCUT2D eigenvalue weighted by Gasteiger charge is -2.17. The first-order valence-electron chi connectivity index (χ1n) is 6.23. The molecule has 0 aliphatic carbocycles. The number of anilines is 1. The minimum Gasteiger partial charge on any atom is -0.376 e. The van der Waals surface area contributed by atoms with Gasteiger partial charge in [0.15, 0.2) is 0 Å². The van der Waals surface area contributed by atoms with Crippen LogP contribution in [-0.2, 0) is 16.6 Å². The number of hydrogen-bond donors (Lipinski definition) is 1. The van der Waals surface area contributed by atoms with Crippen molar-refractivity contribution in [2.24, 2.45) is 7.05 Å². The molecule has 6 nitrogen and oxygen atoms in total. The van der Waals surface area contributed by atoms with Crippen LogP contribution in [0, 0.1) is 0 Å². The summed E-state index contributed by atoms with van der Waals surface area (Å²) in [6.07, 6.45) is 5.95. The quantitative estimate of drug-likeness (QED) is 0.810. The van der Waals surface area contributed by atoms with Crippen molar-refractivity contribution in [2.75, 3.05) is 31.6 Å². The van der Waals surface area contributed by atoms with E-state index in [1.165, 1.54) is 0 Å². The van der Waals surface area contributed by atoms with Crippen molar-refractivity contribution >= 4 is 11.6 Å². The molecular weight excluding hydrogens is 232 g/mol. The largest absolute Gasteiger partial charge is 0.376 e. The molecule has 0 aromatic carbocycles. The molecule has 1 aromatic rings. The minimum atomic E-state index is 0.0110. The summed E-state index contributed by atoms with van der Waals surface area (Å²) >= 11 is 0. The highest BCUT2D eigenvalue weighted by Gasteiger charge is 2.16. The Morgan fingerprint density at radius 1 is 1.72 bits per heavy atom. The van der Waals surface area contributed by atoms with Gasteiger partial charge in [-0.1, -0.05) is 0 Å². The second-order valence-corrected chi connectivity index (χ2v) is 4.67. The molecule has 1 amide bonds. The van der Waals surface area contributed by atoms with E-state index in [1.54, 1.807) is 10.9 Å². The molecule has 0 spiro atoms. The average Bonchev–Trinajstić information content (AvgIpc) is 2.97. The third-order valence-corrected chi connectivity index (χ3v) is 3.06. The number of likely N-dealkylation sites (N-methyl/N-ethyl adjacent to an activating group) is 1. The molecule has 6 heteroatoms. The lowest BCUT2D eigenvalue weighted by molar-refractivity contribution is -0.120. The lowest BCUT2D eigenvalue weighted by atomic mass is 10.2. The molecule has 2 rings (SSSR count). The van der Waals surface area contributed by atoms with Crippen LogP contribution in [0.3, 0.4) is 0 Å². The van der Waals surface area contributed by atoms with Gasteiger partial charge in [0.25, 0.3) is 0 Å². The fraction of sp³-hybridized carbons (Fsp3) is 0.667. The fourth-order valence-corrected chi connectivity index (χ4v) is 2.00. The van der Waals surface area contributed by atoms with Gasteiger partial charge in [-0.25, -0.2) is 0 Å². The van der Waals surface area contributed by atoms with Gasteiger partial charge in [0.1, 0.15) is 0 Å². The zero-order valence-electron chi connectivity index (χ0n) is 10.9. The van der Waals surface area contributed by atoms with Crippen molar-refractivity contribution in [1.29, 1.82) is 0 Å². The average molecular weight is 252 g/mol. The van der Waals surface area contributed by atoms with Crippen LogP contribution in [0.1, 0.15) is 12.8 Å². The number of nitrogens with one attached hydrogen (secondary N) is 1. The Labute approximate surface area is 107 Å². The molecule has 0 bridgehead atoms. The first kappa shape index (κ1) is 12.9. The highest BCUT2D eigenvalue weighted by atomic mass is 16.5. The van der Waals surface area contributed by atoms with Crippen molar-refractivity contribution in [3.8, 4) is 0 Å². The van der Waals surface area contributed by atoms with Crippen LogP contribution < -0.4 is 10.2 Å². The molecule has 2 heterocycles. The molecule has 1 aromatic heterocycles. The van der Waals surface area contributed by atoms with Crippen molar-refractivity contribution < 1.29 is 9.53 Å². The van der Waals surface area contributed by atoms with Crippen LogP contribution in [0.15, 0.2) is 12.4 Å². The van der Waals surface area contributed by atoms with Crippen molar-refractivity contribution in [2.45, 2.75) is 18.9 Å². The molecule has 18 heavy (non-hydrogen) atoms. The predicted molar refractivity (Wildman–Crippen MR) is 68.5 cm³/mol. The number of aryl methyl sites for hydroxylation is 1. The Kier molecular flexibility index (Phi) is 4.19. The first-order chi connectivity index (χ1) is 8.65. The molecule has 1 saturated heterocycles. The Morgan fingerprint density at radius 2 is 2.56 bits per heavy atom. The van der Waals surface area contributed by atoms with Gasteiger partial charge in [0.2, 0.25) is 5.91 Å². The molecule has 1 aliphatic heterocycles. The molecule has 1 N–H and O–H groups in total. The Bertz CT molecular complexity index is 399. The van der Waals surface area contributed by atoms with Gasteiger partial charge in [0, 0.05) is 33.4 Å². The molecule has 100 valence electrons. The maximum Gasteiger partial charge on any atom is 0.239 e. The van der Waals surface area contributed by atoms with E-state index in [4.69, 9.17) is 4.74 Å². The van der Waals surface area contributed by atoms with Crippen LogP contribution in [0.25, 0.3) is 0 Å². The van der Waals surface area contributed by atoms with Gasteiger partial charge in [-0.2, -0.15) is 5.10 Å². The van der Waals surface area contributed by atoms with Crippen LogP contribution in [0.4, 0.5) is 5.69 Å². The lowest BCUT2D eigenvalue weighted by Crippen LogP contribution is -2.38. The Morgan fingerprint density at radius 3 is 3.17 bits per heavy atom. The van der Waals surface area contributed by atoms with Gasteiger partial charge in [-0.15, -0.1) is 0 Å². The van der Waals surface area contributed by atoms with E-state index in [1.807, 2.05) is 25.2 Å². The summed E-state index contributed by atoms with van der Waals surface area (Å²) in [5, 5.41) is 6.98. The maximum absolute atomic E-state index is 11.8. The van der Waals surface area contributed by atoms with E-state index in [0.29, 0.717) is 13.1 Å². The number of carbonyl (C=O) groups is 1. The molecule has 0 saturated carbocycles. The summed E-state index contributed by atoms with van der Waals surface area (Å²) in [4.78, 5) is 13.6. The van der Waals surface area contributed by atoms with Crippen molar-refractivity contribution in [1.82, 2.24) is 15.1 Å². The maximum atomic E-state index is 11.8. The molecule has 0 radical (unpaired) electrons. The van der Waals surface area contributed by atoms with Crippen molar-refractivity contribution in [3.05, 3.63) is 12.4 Å². The Balaban J connectivity index is 1.73. The van der Waals surface area contributed by atoms with Crippen LogP contribution in [0.2, 0.25) is 0 Å². The second kappa shape index (κ2) is 5.86. The Hall–Kier alpha value is -1.56. The molecule has 1 fully saturated rings. The van der Waals surface area contributed by atoms with E-state index in [0.717, 1.165) is 25.1 Å². The second-order valence-electron chi connectivity index (χ2n) is 4.67. The topological polar surface area (TPSA) is 59.4 Å². The summed E-state index contributed by atoms with van der Waals surface area (Å²) in [7, 11) is 3.73. The van der Waals surface area contributed by atoms with E-state index in [2.05, 4.69) is 10.4 Å². The highest BCUT2D eigenvalue weighted by Crippen LogP contribution is 2.11. The summed E-state index contributed by atoms with van der Waals surface area (Å²) in [5.74, 6) is 0.0110. The zero-order chi connectivity index (χ0) is 13.0. The van der Waals surface area contributed by atoms with Crippen LogP contribution in [0.5, 0.6) is 0 Å². The third kappa shape index (κ3) is 3.46. The molecule has 0 unspecified atom stereocenters. The number of rotatable bonds is 5. The highest BCUT2D eigenvalue weighted by molar-refractivity contribution is 5.81. The summed E-state index contributed by atoms with van der Waals surface area (Å²) in [6.45, 7) is 1.76. The summed E-state index contributed by atoms with van der Waals surface area (Å²) < 4.78 is 7.17. The number of carbonyl (C=O) groups excluding carboxylic acids is 1. The zero-order valence-corrected chi connectivity index (χ0v) is 10.9. The number of hydrogen-bond acceptors (Lipinski definition) is 4. The van der Waals surface area contributed by atoms with Gasteiger partial charge in [-0.05, 0) is 12.8 Å². The van der Waals surface area contributed by atoms with E-state index in [-0.39, 0.29) is 12.0 Å². The molecular formula is C12H20N4O2. The molecule has 1 aliphatic rings. The first-order valence-corrected chi connectivity index (χ1v) is 6.23. The predicted octanol–water partition coefficient (Wildman–Crippen LogP) is 0.152. The monoisotopic (exact) mass is 252 g/mol. The third-order valence-electron chi connectivity index (χ3n) is 3.06. The van der Waals surface area contributed by atoms with E-state index in [9.17, 15) is 4.79 Å².